The minimum atomic E-state index is -1.13. The molecule has 1 saturated heterocycles. The van der Waals surface area contributed by atoms with Gasteiger partial charge in [0.1, 0.15) is 6.04 Å². The summed E-state index contributed by atoms with van der Waals surface area (Å²) in [4.78, 5) is 53.7. The quantitative estimate of drug-likeness (QED) is 0.337. The van der Waals surface area contributed by atoms with E-state index in [4.69, 9.17) is 15.2 Å². The van der Waals surface area contributed by atoms with E-state index in [2.05, 4.69) is 10.6 Å². The van der Waals surface area contributed by atoms with Crippen LogP contribution in [0.4, 0.5) is 0 Å². The third-order valence-electron chi connectivity index (χ3n) is 8.07. The number of piperidine rings is 1. The number of aromatic nitrogens is 3. The Morgan fingerprint density at radius 1 is 1.02 bits per heavy atom. The highest BCUT2D eigenvalue weighted by atomic mass is 16.7. The van der Waals surface area contributed by atoms with E-state index in [9.17, 15) is 19.2 Å². The number of carbonyl (C=O) groups is 2. The topological polar surface area (TPSA) is 152 Å². The number of nitrogens with zero attached hydrogens (tertiary/aromatic N) is 3. The molecule has 12 heteroatoms. The van der Waals surface area contributed by atoms with Gasteiger partial charge in [-0.25, -0.2) is 23.5 Å². The fraction of sp³-hybridized carbons (Fsp3) is 0.379. The van der Waals surface area contributed by atoms with Crippen molar-refractivity contribution in [2.45, 2.75) is 49.9 Å². The monoisotopic (exact) mass is 560 g/mol. The van der Waals surface area contributed by atoms with Crippen LogP contribution in [0.15, 0.2) is 70.3 Å². The molecule has 1 unspecified atom stereocenters. The van der Waals surface area contributed by atoms with Crippen molar-refractivity contribution in [1.29, 1.82) is 0 Å². The molecule has 6 rings (SSSR count). The molecule has 41 heavy (non-hydrogen) atoms. The van der Waals surface area contributed by atoms with Crippen molar-refractivity contribution in [2.24, 2.45) is 5.73 Å². The van der Waals surface area contributed by atoms with Crippen molar-refractivity contribution < 1.29 is 19.1 Å². The van der Waals surface area contributed by atoms with Gasteiger partial charge in [0.2, 0.25) is 18.6 Å². The fourth-order valence-electron chi connectivity index (χ4n) is 5.86. The van der Waals surface area contributed by atoms with Gasteiger partial charge in [-0.15, -0.1) is 0 Å². The summed E-state index contributed by atoms with van der Waals surface area (Å²) in [5.74, 6) is -0.117. The van der Waals surface area contributed by atoms with Crippen LogP contribution < -0.4 is 37.2 Å². The average molecular weight is 561 g/mol. The van der Waals surface area contributed by atoms with Crippen LogP contribution in [0.1, 0.15) is 36.4 Å². The molecule has 4 N–H and O–H groups in total. The molecule has 12 nitrogen and oxygen atoms in total. The number of aryl methyl sites for hydroxylation is 1. The zero-order valence-corrected chi connectivity index (χ0v) is 22.5. The van der Waals surface area contributed by atoms with Crippen LogP contribution in [0, 0.1) is 0 Å². The number of fused-ring (bicyclic) bond motifs is 3. The highest BCUT2D eigenvalue weighted by molar-refractivity contribution is 5.89. The molecule has 2 aromatic carbocycles. The minimum Gasteiger partial charge on any atom is -0.454 e. The number of benzene rings is 2. The second-order valence-corrected chi connectivity index (χ2v) is 10.6. The van der Waals surface area contributed by atoms with Crippen molar-refractivity contribution in [3.63, 3.8) is 0 Å². The van der Waals surface area contributed by atoms with Crippen LogP contribution in [0.3, 0.4) is 0 Å². The van der Waals surface area contributed by atoms with Crippen LogP contribution in [0.25, 0.3) is 0 Å². The number of ether oxygens (including phenoxy) is 2. The molecule has 2 amide bonds. The summed E-state index contributed by atoms with van der Waals surface area (Å²) < 4.78 is 14.6. The van der Waals surface area contributed by atoms with E-state index < -0.39 is 40.8 Å². The predicted octanol–water partition coefficient (Wildman–Crippen LogP) is 0.381. The van der Waals surface area contributed by atoms with Gasteiger partial charge in [0, 0.05) is 0 Å². The van der Waals surface area contributed by atoms with Crippen molar-refractivity contribution in [2.75, 3.05) is 19.9 Å². The Kier molecular flexibility index (Phi) is 7.00. The summed E-state index contributed by atoms with van der Waals surface area (Å²) in [5, 5.41) is 6.02. The number of nitrogens with two attached hydrogens (primary N) is 1. The van der Waals surface area contributed by atoms with Crippen molar-refractivity contribution >= 4 is 11.8 Å². The molecule has 1 aromatic heterocycles. The van der Waals surface area contributed by atoms with Gasteiger partial charge in [-0.05, 0) is 62.0 Å². The average Bonchev–Trinajstić information content (AvgIpc) is 3.55. The lowest BCUT2D eigenvalue weighted by atomic mass is 9.86. The number of primary amides is 1. The molecule has 1 fully saturated rings. The van der Waals surface area contributed by atoms with E-state index in [-0.39, 0.29) is 13.3 Å². The predicted molar refractivity (Wildman–Crippen MR) is 149 cm³/mol. The Bertz CT molecular complexity index is 1610. The summed E-state index contributed by atoms with van der Waals surface area (Å²) in [6, 6.07) is 12.7. The lowest BCUT2D eigenvalue weighted by Gasteiger charge is -2.40. The minimum absolute atomic E-state index is 0.00897. The lowest BCUT2D eigenvalue weighted by Crippen LogP contribution is -2.55. The van der Waals surface area contributed by atoms with Crippen LogP contribution >= 0.6 is 0 Å². The summed E-state index contributed by atoms with van der Waals surface area (Å²) >= 11 is 0. The second-order valence-electron chi connectivity index (χ2n) is 10.6. The largest absolute Gasteiger partial charge is 0.454 e. The standard InChI is InChI=1S/C29H32N6O6/c30-25(36)21(8-6-19-4-2-1-3-5-19)32-26(37)22-10-11-29(12-14-31-15-13-29)35-28(39)33(27(38)34(22)35)17-20-7-9-23-24(16-20)41-18-40-23/h1-5,7,9-11,16,21-22,31H,6,8,12-15,17-18H2,(H2,30,36)(H,32,37)/t21-,22?/m1/s1. The number of rotatable bonds is 8. The molecule has 214 valence electrons. The third kappa shape index (κ3) is 4.95. The highest BCUT2D eigenvalue weighted by Gasteiger charge is 2.43. The maximum absolute atomic E-state index is 13.9. The van der Waals surface area contributed by atoms with Crippen molar-refractivity contribution in [3.8, 4) is 11.5 Å². The fourth-order valence-corrected chi connectivity index (χ4v) is 5.86. The lowest BCUT2D eigenvalue weighted by molar-refractivity contribution is -0.129. The molecule has 2 atom stereocenters. The van der Waals surface area contributed by atoms with E-state index in [0.29, 0.717) is 55.8 Å². The maximum Gasteiger partial charge on any atom is 0.348 e. The first-order valence-corrected chi connectivity index (χ1v) is 13.7. The number of amides is 2. The summed E-state index contributed by atoms with van der Waals surface area (Å²) in [7, 11) is 0. The Morgan fingerprint density at radius 2 is 1.78 bits per heavy atom. The Morgan fingerprint density at radius 3 is 2.54 bits per heavy atom. The van der Waals surface area contributed by atoms with Crippen LogP contribution in [0.2, 0.25) is 0 Å². The maximum atomic E-state index is 13.9. The van der Waals surface area contributed by atoms with Gasteiger partial charge < -0.3 is 25.8 Å². The van der Waals surface area contributed by atoms with Gasteiger partial charge in [0.15, 0.2) is 17.5 Å². The zero-order chi connectivity index (χ0) is 28.6. The van der Waals surface area contributed by atoms with E-state index in [1.807, 2.05) is 36.4 Å². The summed E-state index contributed by atoms with van der Waals surface area (Å²) in [6.07, 6.45) is 5.49. The third-order valence-corrected chi connectivity index (χ3v) is 8.07. The first kappa shape index (κ1) is 26.6. The number of hydrogen-bond donors (Lipinski definition) is 3. The molecule has 3 aromatic rings. The van der Waals surface area contributed by atoms with E-state index >= 15 is 0 Å². The van der Waals surface area contributed by atoms with Gasteiger partial charge in [-0.2, -0.15) is 0 Å². The molecule has 0 aliphatic carbocycles. The Hall–Kier alpha value is -4.58. The molecular formula is C29H32N6O6. The van der Waals surface area contributed by atoms with Gasteiger partial charge in [0.05, 0.1) is 12.1 Å². The molecular weight excluding hydrogens is 528 g/mol. The van der Waals surface area contributed by atoms with E-state index in [1.165, 1.54) is 9.36 Å². The van der Waals surface area contributed by atoms with E-state index in [1.54, 1.807) is 24.3 Å². The normalized spacial score (nSPS) is 19.1. The number of allylic oxidation sites excluding steroid dienone is 1. The molecule has 0 saturated carbocycles. The number of nitrogens with one attached hydrogen (secondary N) is 2. The zero-order valence-electron chi connectivity index (χ0n) is 22.5. The number of carbonyl (C=O) groups excluding carboxylic acids is 2. The van der Waals surface area contributed by atoms with Crippen LogP contribution in [-0.4, -0.2) is 51.7 Å². The first-order valence-electron chi connectivity index (χ1n) is 13.7. The SMILES string of the molecule is NC(=O)[C@@H](CCc1ccccc1)NC(=O)C1C=CC2(CCNCC2)n2c(=O)n(Cc3ccc4c(c3)OCO4)c(=O)n21. The van der Waals surface area contributed by atoms with Gasteiger partial charge in [-0.3, -0.25) is 9.59 Å². The molecule has 3 aliphatic rings. The molecule has 4 heterocycles. The molecule has 1 spiro atoms. The summed E-state index contributed by atoms with van der Waals surface area (Å²) in [6.45, 7) is 1.40. The van der Waals surface area contributed by atoms with Crippen LogP contribution in [0.5, 0.6) is 11.5 Å². The molecule has 0 radical (unpaired) electrons. The van der Waals surface area contributed by atoms with Gasteiger partial charge >= 0.3 is 11.4 Å². The van der Waals surface area contributed by atoms with Crippen LogP contribution in [-0.2, 0) is 28.1 Å². The second kappa shape index (κ2) is 10.8. The molecule has 0 bridgehead atoms. The Labute approximate surface area is 235 Å². The van der Waals surface area contributed by atoms with Gasteiger partial charge in [0.25, 0.3) is 0 Å². The van der Waals surface area contributed by atoms with E-state index in [0.717, 1.165) is 10.1 Å². The Balaban J connectivity index is 1.33. The van der Waals surface area contributed by atoms with Gasteiger partial charge in [-0.1, -0.05) is 48.6 Å². The van der Waals surface area contributed by atoms with Crippen molar-refractivity contribution in [1.82, 2.24) is 24.6 Å². The highest BCUT2D eigenvalue weighted by Crippen LogP contribution is 2.34. The van der Waals surface area contributed by atoms with Crippen molar-refractivity contribution in [3.05, 3.63) is 92.8 Å². The smallest absolute Gasteiger partial charge is 0.348 e. The number of hydrogen-bond acceptors (Lipinski definition) is 7. The first-order chi connectivity index (χ1) is 19.9. The summed E-state index contributed by atoms with van der Waals surface area (Å²) in [5.41, 5.74) is 5.45. The molecule has 3 aliphatic heterocycles.